The van der Waals surface area contributed by atoms with Crippen molar-refractivity contribution in [2.45, 2.75) is 64.3 Å². The lowest BCUT2D eigenvalue weighted by atomic mass is 9.94. The van der Waals surface area contributed by atoms with E-state index < -0.39 is 12.2 Å². The van der Waals surface area contributed by atoms with E-state index in [0.717, 1.165) is 11.1 Å². The number of halogens is 3. The summed E-state index contributed by atoms with van der Waals surface area (Å²) in [5.74, 6) is 0.310. The number of alkyl halides is 3. The minimum absolute atomic E-state index is 0.0529. The molecule has 1 N–H and O–H groups in total. The number of carbonyl (C=O) groups is 1. The van der Waals surface area contributed by atoms with Crippen LogP contribution in [0, 0.1) is 12.8 Å². The van der Waals surface area contributed by atoms with Gasteiger partial charge in [0.05, 0.1) is 22.9 Å². The highest BCUT2D eigenvalue weighted by molar-refractivity contribution is 7.11. The number of aromatic nitrogens is 3. The number of hydrogen-bond acceptors (Lipinski definition) is 5. The summed E-state index contributed by atoms with van der Waals surface area (Å²) in [4.78, 5) is 19.4. The molecule has 1 fully saturated rings. The number of thiazole rings is 1. The Hall–Kier alpha value is -2.10. The van der Waals surface area contributed by atoms with Gasteiger partial charge in [0.1, 0.15) is 10.7 Å². The Morgan fingerprint density at radius 3 is 2.76 bits per heavy atom. The van der Waals surface area contributed by atoms with Crippen LogP contribution in [0.15, 0.2) is 11.6 Å². The Labute approximate surface area is 171 Å². The van der Waals surface area contributed by atoms with E-state index in [0.29, 0.717) is 35.0 Å². The molecule has 2 aliphatic rings. The van der Waals surface area contributed by atoms with Crippen molar-refractivity contribution in [3.8, 4) is 0 Å². The lowest BCUT2D eigenvalue weighted by Gasteiger charge is -2.35. The van der Waals surface area contributed by atoms with Gasteiger partial charge < -0.3 is 10.2 Å². The van der Waals surface area contributed by atoms with Crippen LogP contribution in [-0.2, 0) is 0 Å². The van der Waals surface area contributed by atoms with Gasteiger partial charge in [-0.25, -0.2) is 9.67 Å². The smallest absolute Gasteiger partial charge is 0.367 e. The maximum Gasteiger partial charge on any atom is 0.410 e. The average Bonchev–Trinajstić information content (AvgIpc) is 3.37. The lowest BCUT2D eigenvalue weighted by molar-refractivity contribution is -0.174. The van der Waals surface area contributed by atoms with Gasteiger partial charge in [-0.05, 0) is 32.1 Å². The highest BCUT2D eigenvalue weighted by Crippen LogP contribution is 2.43. The third-order valence-corrected chi connectivity index (χ3v) is 6.75. The van der Waals surface area contributed by atoms with Gasteiger partial charge in [0.15, 0.2) is 6.04 Å². The predicted octanol–water partition coefficient (Wildman–Crippen LogP) is 4.57. The Kier molecular flexibility index (Phi) is 5.08. The number of likely N-dealkylation sites (tertiary alicyclic amines) is 1. The zero-order chi connectivity index (χ0) is 20.9. The molecule has 10 heteroatoms. The van der Waals surface area contributed by atoms with E-state index >= 15 is 0 Å². The summed E-state index contributed by atoms with van der Waals surface area (Å²) in [7, 11) is 0. The van der Waals surface area contributed by atoms with Gasteiger partial charge in [0.25, 0.3) is 5.91 Å². The van der Waals surface area contributed by atoms with Crippen LogP contribution in [0.25, 0.3) is 0 Å². The second kappa shape index (κ2) is 7.30. The van der Waals surface area contributed by atoms with Gasteiger partial charge in [-0.15, -0.1) is 11.3 Å². The first kappa shape index (κ1) is 20.2. The summed E-state index contributed by atoms with van der Waals surface area (Å²) in [6.07, 6.45) is -2.95. The molecule has 0 spiro atoms. The molecule has 0 saturated carbocycles. The first-order valence-electron chi connectivity index (χ1n) is 9.80. The fourth-order valence-electron chi connectivity index (χ4n) is 4.18. The molecule has 4 heterocycles. The molecule has 0 aromatic carbocycles. The zero-order valence-electron chi connectivity index (χ0n) is 16.5. The second-order valence-corrected chi connectivity index (χ2v) is 8.97. The van der Waals surface area contributed by atoms with E-state index in [1.807, 2.05) is 13.8 Å². The first-order valence-corrected chi connectivity index (χ1v) is 10.7. The van der Waals surface area contributed by atoms with Crippen molar-refractivity contribution in [3.63, 3.8) is 0 Å². The highest BCUT2D eigenvalue weighted by Gasteiger charge is 2.47. The maximum absolute atomic E-state index is 13.7. The third kappa shape index (κ3) is 3.62. The molecule has 0 unspecified atom stereocenters. The normalized spacial score (nSPS) is 24.7. The van der Waals surface area contributed by atoms with Crippen LogP contribution in [-0.4, -0.2) is 44.3 Å². The number of rotatable bonds is 3. The number of anilines is 1. The van der Waals surface area contributed by atoms with E-state index in [4.69, 9.17) is 0 Å². The Bertz CT molecular complexity index is 906. The van der Waals surface area contributed by atoms with Crippen LogP contribution in [0.5, 0.6) is 0 Å². The van der Waals surface area contributed by atoms with Crippen molar-refractivity contribution in [3.05, 3.63) is 27.8 Å². The number of carbonyl (C=O) groups excluding carboxylic acids is 1. The standard InChI is InChI=1S/C19H24F3N5OS/c1-10(2)12-7-15(19(20,21)22)27-16(24-12)8-13(25-27)14-5-4-6-26(14)18(28)17-11(3)23-9-29-17/h8-10,12,14-15,24H,4-7H2,1-3H3/t12-,14-,15+/m0/s1. The van der Waals surface area contributed by atoms with Crippen LogP contribution >= 0.6 is 11.3 Å². The zero-order valence-corrected chi connectivity index (χ0v) is 17.3. The van der Waals surface area contributed by atoms with Crippen molar-refractivity contribution in [1.82, 2.24) is 19.7 Å². The number of amides is 1. The van der Waals surface area contributed by atoms with Crippen molar-refractivity contribution < 1.29 is 18.0 Å². The summed E-state index contributed by atoms with van der Waals surface area (Å²) < 4.78 is 42.2. The topological polar surface area (TPSA) is 63.1 Å². The van der Waals surface area contributed by atoms with Gasteiger partial charge in [0, 0.05) is 18.7 Å². The second-order valence-electron chi connectivity index (χ2n) is 8.11. The van der Waals surface area contributed by atoms with Gasteiger partial charge in [-0.3, -0.25) is 4.79 Å². The first-order chi connectivity index (χ1) is 13.7. The number of nitrogens with one attached hydrogen (secondary N) is 1. The van der Waals surface area contributed by atoms with E-state index in [9.17, 15) is 18.0 Å². The summed E-state index contributed by atoms with van der Waals surface area (Å²) in [6, 6.07) is -0.576. The molecule has 4 rings (SSSR count). The van der Waals surface area contributed by atoms with Crippen molar-refractivity contribution in [2.24, 2.45) is 5.92 Å². The highest BCUT2D eigenvalue weighted by atomic mass is 32.1. The van der Waals surface area contributed by atoms with Crippen LogP contribution in [0.3, 0.4) is 0 Å². The maximum atomic E-state index is 13.7. The van der Waals surface area contributed by atoms with Gasteiger partial charge in [-0.1, -0.05) is 13.8 Å². The molecule has 29 heavy (non-hydrogen) atoms. The van der Waals surface area contributed by atoms with Gasteiger partial charge >= 0.3 is 6.18 Å². The number of nitrogens with zero attached hydrogens (tertiary/aromatic N) is 4. The minimum atomic E-state index is -4.38. The predicted molar refractivity (Wildman–Crippen MR) is 104 cm³/mol. The average molecular weight is 427 g/mol. The molecule has 6 nitrogen and oxygen atoms in total. The third-order valence-electron chi connectivity index (χ3n) is 5.84. The summed E-state index contributed by atoms with van der Waals surface area (Å²) >= 11 is 1.29. The summed E-state index contributed by atoms with van der Waals surface area (Å²) in [5.41, 5.74) is 2.82. The van der Waals surface area contributed by atoms with Crippen molar-refractivity contribution >= 4 is 23.1 Å². The van der Waals surface area contributed by atoms with E-state index in [2.05, 4.69) is 15.4 Å². The van der Waals surface area contributed by atoms with Crippen LogP contribution in [0.2, 0.25) is 0 Å². The number of hydrogen-bond donors (Lipinski definition) is 1. The van der Waals surface area contributed by atoms with Gasteiger partial charge in [-0.2, -0.15) is 18.3 Å². The molecule has 2 aliphatic heterocycles. The summed E-state index contributed by atoms with van der Waals surface area (Å²) in [6.45, 7) is 6.17. The molecule has 2 aromatic heterocycles. The Morgan fingerprint density at radius 1 is 1.38 bits per heavy atom. The van der Waals surface area contributed by atoms with Crippen LogP contribution in [0.1, 0.15) is 66.3 Å². The van der Waals surface area contributed by atoms with Crippen LogP contribution < -0.4 is 5.32 Å². The fourth-order valence-corrected chi connectivity index (χ4v) is 4.93. The Balaban J connectivity index is 1.66. The molecule has 0 radical (unpaired) electrons. The Morgan fingerprint density at radius 2 is 2.14 bits per heavy atom. The van der Waals surface area contributed by atoms with E-state index in [-0.39, 0.29) is 30.3 Å². The monoisotopic (exact) mass is 427 g/mol. The SMILES string of the molecule is Cc1ncsc1C(=O)N1CCC[C@H]1c1cc2n(n1)[C@@H](C(F)(F)F)C[C@@H](C(C)C)N2. The quantitative estimate of drug-likeness (QED) is 0.780. The van der Waals surface area contributed by atoms with Crippen molar-refractivity contribution in [2.75, 3.05) is 11.9 Å². The van der Waals surface area contributed by atoms with E-state index in [1.165, 1.54) is 11.3 Å². The van der Waals surface area contributed by atoms with E-state index in [1.54, 1.807) is 23.4 Å². The molecular formula is C19H24F3N5OS. The molecule has 3 atom stereocenters. The largest absolute Gasteiger partial charge is 0.410 e. The molecule has 0 aliphatic carbocycles. The van der Waals surface area contributed by atoms with Gasteiger partial charge in [0.2, 0.25) is 0 Å². The molecule has 0 bridgehead atoms. The summed E-state index contributed by atoms with van der Waals surface area (Å²) in [5, 5.41) is 7.55. The molecule has 1 saturated heterocycles. The molecule has 158 valence electrons. The minimum Gasteiger partial charge on any atom is -0.367 e. The fraction of sp³-hybridized carbons (Fsp3) is 0.632. The molecule has 2 aromatic rings. The number of aryl methyl sites for hydroxylation is 1. The lowest BCUT2D eigenvalue weighted by Crippen LogP contribution is -2.41. The van der Waals surface area contributed by atoms with Crippen molar-refractivity contribution in [1.29, 1.82) is 0 Å². The van der Waals surface area contributed by atoms with Crippen LogP contribution in [0.4, 0.5) is 19.0 Å². The molecular weight excluding hydrogens is 403 g/mol. The molecule has 1 amide bonds. The number of fused-ring (bicyclic) bond motifs is 1.